The normalized spacial score (nSPS) is 13.5. The highest BCUT2D eigenvalue weighted by Gasteiger charge is 2.22. The lowest BCUT2D eigenvalue weighted by atomic mass is 10.2. The molecule has 6 heteroatoms. The third kappa shape index (κ3) is 3.44. The van der Waals surface area contributed by atoms with Crippen molar-refractivity contribution in [1.82, 2.24) is 15.2 Å². The van der Waals surface area contributed by atoms with E-state index in [9.17, 15) is 9.59 Å². The predicted octanol–water partition coefficient (Wildman–Crippen LogP) is 1.26. The molecule has 0 aromatic carbocycles. The highest BCUT2D eigenvalue weighted by atomic mass is 16.4. The van der Waals surface area contributed by atoms with Crippen LogP contribution in [0.4, 0.5) is 4.79 Å². The number of hydrogen-bond acceptors (Lipinski definition) is 3. The van der Waals surface area contributed by atoms with E-state index in [-0.39, 0.29) is 6.04 Å². The van der Waals surface area contributed by atoms with Gasteiger partial charge in [0, 0.05) is 13.2 Å². The summed E-state index contributed by atoms with van der Waals surface area (Å²) in [4.78, 5) is 27.8. The van der Waals surface area contributed by atoms with Crippen LogP contribution in [0.5, 0.6) is 0 Å². The lowest BCUT2D eigenvalue weighted by Crippen LogP contribution is -2.46. The van der Waals surface area contributed by atoms with Crippen LogP contribution in [0.3, 0.4) is 0 Å². The van der Waals surface area contributed by atoms with E-state index in [1.54, 1.807) is 25.3 Å². The summed E-state index contributed by atoms with van der Waals surface area (Å²) in [7, 11) is 1.44. The second kappa shape index (κ2) is 6.00. The molecule has 0 fully saturated rings. The molecule has 0 radical (unpaired) electrons. The summed E-state index contributed by atoms with van der Waals surface area (Å²) in [6, 6.07) is 3.82. The number of hydrogen-bond donors (Lipinski definition) is 2. The van der Waals surface area contributed by atoms with Crippen LogP contribution >= 0.6 is 0 Å². The molecule has 1 aromatic heterocycles. The van der Waals surface area contributed by atoms with Crippen molar-refractivity contribution >= 4 is 12.0 Å². The number of carboxylic acid groups (broad SMARTS) is 1. The average Bonchev–Trinajstić information content (AvgIpc) is 2.37. The molecule has 18 heavy (non-hydrogen) atoms. The van der Waals surface area contributed by atoms with Gasteiger partial charge >= 0.3 is 12.0 Å². The second-order valence-electron chi connectivity index (χ2n) is 4.05. The number of nitrogens with zero attached hydrogens (tertiary/aromatic N) is 2. The van der Waals surface area contributed by atoms with Gasteiger partial charge in [-0.3, -0.25) is 4.98 Å². The number of likely N-dealkylation sites (N-methyl/N-ethyl adjacent to an activating group) is 1. The number of nitrogens with one attached hydrogen (secondary N) is 1. The van der Waals surface area contributed by atoms with E-state index in [1.807, 2.05) is 6.07 Å². The van der Waals surface area contributed by atoms with Crippen molar-refractivity contribution in [1.29, 1.82) is 0 Å². The van der Waals surface area contributed by atoms with Crippen molar-refractivity contribution in [2.75, 3.05) is 7.05 Å². The molecule has 0 saturated carbocycles. The minimum Gasteiger partial charge on any atom is -0.480 e. The van der Waals surface area contributed by atoms with Gasteiger partial charge in [0.1, 0.15) is 6.04 Å². The van der Waals surface area contributed by atoms with Crippen molar-refractivity contribution < 1.29 is 14.7 Å². The summed E-state index contributed by atoms with van der Waals surface area (Å²) in [6.07, 6.45) is 1.64. The van der Waals surface area contributed by atoms with E-state index in [2.05, 4.69) is 10.3 Å². The summed E-state index contributed by atoms with van der Waals surface area (Å²) in [5, 5.41) is 11.5. The van der Waals surface area contributed by atoms with Gasteiger partial charge in [0.05, 0.1) is 11.7 Å². The molecular formula is C12H17N3O3. The fourth-order valence-electron chi connectivity index (χ4n) is 1.33. The second-order valence-corrected chi connectivity index (χ2v) is 4.05. The molecule has 1 heterocycles. The van der Waals surface area contributed by atoms with Crippen LogP contribution in [0.25, 0.3) is 0 Å². The molecule has 0 bridgehead atoms. The largest absolute Gasteiger partial charge is 0.480 e. The van der Waals surface area contributed by atoms with Crippen molar-refractivity contribution in [3.63, 3.8) is 0 Å². The lowest BCUT2D eigenvalue weighted by Gasteiger charge is -2.24. The van der Waals surface area contributed by atoms with Crippen LogP contribution in [-0.4, -0.2) is 40.1 Å². The van der Waals surface area contributed by atoms with Gasteiger partial charge in [-0.25, -0.2) is 9.59 Å². The van der Waals surface area contributed by atoms with E-state index in [0.717, 1.165) is 10.6 Å². The van der Waals surface area contributed by atoms with Gasteiger partial charge in [-0.1, -0.05) is 6.07 Å². The highest BCUT2D eigenvalue weighted by Crippen LogP contribution is 2.09. The Hall–Kier alpha value is -2.11. The number of carbonyl (C=O) groups is 2. The standard InChI is InChI=1S/C12H17N3O3/c1-8(10-6-4-5-7-13-10)14-12(18)15(3)9(2)11(16)17/h4-9H,1-3H3,(H,14,18)(H,16,17). The number of aromatic nitrogens is 1. The topological polar surface area (TPSA) is 82.5 Å². The third-order valence-electron chi connectivity index (χ3n) is 2.73. The van der Waals surface area contributed by atoms with Crippen molar-refractivity contribution in [3.05, 3.63) is 30.1 Å². The van der Waals surface area contributed by atoms with E-state index in [4.69, 9.17) is 5.11 Å². The molecule has 2 atom stereocenters. The minimum absolute atomic E-state index is 0.276. The first-order valence-corrected chi connectivity index (χ1v) is 5.60. The molecular weight excluding hydrogens is 234 g/mol. The number of amides is 2. The van der Waals surface area contributed by atoms with Crippen LogP contribution in [0.2, 0.25) is 0 Å². The number of urea groups is 1. The predicted molar refractivity (Wildman–Crippen MR) is 66.0 cm³/mol. The first kappa shape index (κ1) is 14.0. The maximum atomic E-state index is 11.8. The number of pyridine rings is 1. The Balaban J connectivity index is 2.62. The first-order chi connectivity index (χ1) is 8.43. The molecule has 98 valence electrons. The number of rotatable bonds is 4. The fourth-order valence-corrected chi connectivity index (χ4v) is 1.33. The van der Waals surface area contributed by atoms with Crippen LogP contribution in [0.15, 0.2) is 24.4 Å². The summed E-state index contributed by atoms with van der Waals surface area (Å²) >= 11 is 0. The Labute approximate surface area is 106 Å². The van der Waals surface area contributed by atoms with Gasteiger partial charge in [-0.2, -0.15) is 0 Å². The first-order valence-electron chi connectivity index (χ1n) is 5.60. The molecule has 1 aromatic rings. The fraction of sp³-hybridized carbons (Fsp3) is 0.417. The average molecular weight is 251 g/mol. The van der Waals surface area contributed by atoms with Crippen molar-refractivity contribution in [3.8, 4) is 0 Å². The van der Waals surface area contributed by atoms with Gasteiger partial charge in [-0.05, 0) is 26.0 Å². The van der Waals surface area contributed by atoms with Crippen LogP contribution < -0.4 is 5.32 Å². The van der Waals surface area contributed by atoms with E-state index >= 15 is 0 Å². The monoisotopic (exact) mass is 251 g/mol. The number of carbonyl (C=O) groups excluding carboxylic acids is 1. The van der Waals surface area contributed by atoms with E-state index in [1.165, 1.54) is 14.0 Å². The molecule has 2 amide bonds. The summed E-state index contributed by atoms with van der Waals surface area (Å²) < 4.78 is 0. The van der Waals surface area contributed by atoms with Gasteiger partial charge in [0.15, 0.2) is 0 Å². The zero-order valence-corrected chi connectivity index (χ0v) is 10.6. The van der Waals surface area contributed by atoms with Crippen LogP contribution in [-0.2, 0) is 4.79 Å². The van der Waals surface area contributed by atoms with Crippen molar-refractivity contribution in [2.45, 2.75) is 25.9 Å². The molecule has 1 rings (SSSR count). The smallest absolute Gasteiger partial charge is 0.326 e. The molecule has 2 unspecified atom stereocenters. The lowest BCUT2D eigenvalue weighted by molar-refractivity contribution is -0.141. The van der Waals surface area contributed by atoms with E-state index < -0.39 is 18.0 Å². The number of aliphatic carboxylic acids is 1. The maximum absolute atomic E-state index is 11.8. The molecule has 0 aliphatic rings. The van der Waals surface area contributed by atoms with Gasteiger partial charge in [0.25, 0.3) is 0 Å². The Bertz CT molecular complexity index is 422. The van der Waals surface area contributed by atoms with Crippen LogP contribution in [0.1, 0.15) is 25.6 Å². The summed E-state index contributed by atoms with van der Waals surface area (Å²) in [5.41, 5.74) is 0.724. The highest BCUT2D eigenvalue weighted by molar-refractivity contribution is 5.82. The third-order valence-corrected chi connectivity index (χ3v) is 2.73. The summed E-state index contributed by atoms with van der Waals surface area (Å²) in [5.74, 6) is -1.04. The molecule has 0 spiro atoms. The molecule has 0 aliphatic heterocycles. The molecule has 0 saturated heterocycles. The summed E-state index contributed by atoms with van der Waals surface area (Å²) in [6.45, 7) is 3.24. The van der Waals surface area contributed by atoms with Gasteiger partial charge < -0.3 is 15.3 Å². The zero-order chi connectivity index (χ0) is 13.7. The Morgan fingerprint density at radius 3 is 2.56 bits per heavy atom. The maximum Gasteiger partial charge on any atom is 0.326 e. The Morgan fingerprint density at radius 2 is 2.06 bits per heavy atom. The Morgan fingerprint density at radius 1 is 1.39 bits per heavy atom. The van der Waals surface area contributed by atoms with Crippen molar-refractivity contribution in [2.24, 2.45) is 0 Å². The van der Waals surface area contributed by atoms with Crippen LogP contribution in [0, 0.1) is 0 Å². The SMILES string of the molecule is CC(NC(=O)N(C)C(C)C(=O)O)c1ccccn1. The molecule has 6 nitrogen and oxygen atoms in total. The van der Waals surface area contributed by atoms with E-state index in [0.29, 0.717) is 0 Å². The minimum atomic E-state index is -1.04. The quantitative estimate of drug-likeness (QED) is 0.843. The number of carboxylic acids is 1. The van der Waals surface area contributed by atoms with Gasteiger partial charge in [-0.15, -0.1) is 0 Å². The Kier molecular flexibility index (Phi) is 4.65. The molecule has 0 aliphatic carbocycles. The molecule has 2 N–H and O–H groups in total. The van der Waals surface area contributed by atoms with Gasteiger partial charge in [0.2, 0.25) is 0 Å². The zero-order valence-electron chi connectivity index (χ0n) is 10.6.